The quantitative estimate of drug-likeness (QED) is 0.702. The van der Waals surface area contributed by atoms with Crippen LogP contribution in [0.3, 0.4) is 0 Å². The molecule has 1 aliphatic heterocycles. The second-order valence-corrected chi connectivity index (χ2v) is 8.08. The van der Waals surface area contributed by atoms with Crippen LogP contribution < -0.4 is 5.73 Å². The van der Waals surface area contributed by atoms with Crippen LogP contribution in [-0.4, -0.2) is 59.0 Å². The topological polar surface area (TPSA) is 140 Å². The Morgan fingerprint density at radius 2 is 2.17 bits per heavy atom. The third-order valence-electron chi connectivity index (χ3n) is 4.63. The molecule has 0 aromatic carbocycles. The third-order valence-corrected chi connectivity index (χ3v) is 4.63. The molecule has 0 spiro atoms. The van der Waals surface area contributed by atoms with Crippen LogP contribution in [0.1, 0.15) is 27.2 Å². The Bertz CT molecular complexity index is 1110. The van der Waals surface area contributed by atoms with Gasteiger partial charge < -0.3 is 15.4 Å². The van der Waals surface area contributed by atoms with E-state index in [9.17, 15) is 10.1 Å². The maximum Gasteiger partial charge on any atom is 0.410 e. The fourth-order valence-electron chi connectivity index (χ4n) is 3.33. The molecule has 1 amide bonds. The highest BCUT2D eigenvalue weighted by atomic mass is 16.6. The number of nitrogens with zero attached hydrogens (tertiary/aromatic N) is 8. The number of amides is 1. The zero-order chi connectivity index (χ0) is 20.8. The van der Waals surface area contributed by atoms with E-state index < -0.39 is 17.2 Å². The molecule has 3 aromatic heterocycles. The lowest BCUT2D eigenvalue weighted by Crippen LogP contribution is -2.64. The highest BCUT2D eigenvalue weighted by Gasteiger charge is 2.48. The lowest BCUT2D eigenvalue weighted by atomic mass is 9.87. The van der Waals surface area contributed by atoms with Crippen molar-refractivity contribution in [1.82, 2.24) is 34.3 Å². The summed E-state index contributed by atoms with van der Waals surface area (Å²) in [6, 6.07) is 3.91. The first-order valence-electron chi connectivity index (χ1n) is 9.08. The SMILES string of the molecule is CC(C)(C)OC(=O)N1CC(CC#N)(n2cc(-c3nccc4nc(N)nn34)cn2)C1. The molecule has 0 radical (unpaired) electrons. The van der Waals surface area contributed by atoms with Crippen molar-refractivity contribution in [2.45, 2.75) is 38.3 Å². The third kappa shape index (κ3) is 3.33. The molecule has 4 heterocycles. The minimum Gasteiger partial charge on any atom is -0.444 e. The van der Waals surface area contributed by atoms with Gasteiger partial charge in [0.2, 0.25) is 5.95 Å². The van der Waals surface area contributed by atoms with Gasteiger partial charge in [-0.1, -0.05) is 0 Å². The van der Waals surface area contributed by atoms with Crippen LogP contribution >= 0.6 is 0 Å². The van der Waals surface area contributed by atoms with Crippen molar-refractivity contribution in [3.8, 4) is 17.5 Å². The summed E-state index contributed by atoms with van der Waals surface area (Å²) in [5.74, 6) is 0.688. The number of nitrogen functional groups attached to an aromatic ring is 1. The Balaban J connectivity index is 1.60. The number of fused-ring (bicyclic) bond motifs is 1. The smallest absolute Gasteiger partial charge is 0.410 e. The van der Waals surface area contributed by atoms with Gasteiger partial charge in [0, 0.05) is 18.5 Å². The van der Waals surface area contributed by atoms with Crippen molar-refractivity contribution in [3.63, 3.8) is 0 Å². The van der Waals surface area contributed by atoms with Crippen LogP contribution in [0.25, 0.3) is 17.0 Å². The summed E-state index contributed by atoms with van der Waals surface area (Å²) in [6.07, 6.45) is 4.87. The van der Waals surface area contributed by atoms with E-state index >= 15 is 0 Å². The molecule has 150 valence electrons. The number of anilines is 1. The van der Waals surface area contributed by atoms with E-state index in [0.717, 1.165) is 0 Å². The number of aromatic nitrogens is 6. The van der Waals surface area contributed by atoms with Crippen molar-refractivity contribution in [2.75, 3.05) is 18.8 Å². The Morgan fingerprint density at radius 3 is 2.86 bits per heavy atom. The van der Waals surface area contributed by atoms with Gasteiger partial charge in [-0.3, -0.25) is 4.68 Å². The molecule has 1 fully saturated rings. The van der Waals surface area contributed by atoms with Crippen LogP contribution in [0.15, 0.2) is 24.7 Å². The zero-order valence-corrected chi connectivity index (χ0v) is 16.4. The Hall–Kier alpha value is -3.68. The molecule has 3 aromatic rings. The molecule has 0 saturated carbocycles. The molecular formula is C18H21N9O2. The summed E-state index contributed by atoms with van der Waals surface area (Å²) >= 11 is 0. The number of hydrogen-bond acceptors (Lipinski definition) is 8. The molecule has 0 bridgehead atoms. The van der Waals surface area contributed by atoms with Crippen molar-refractivity contribution in [1.29, 1.82) is 5.26 Å². The normalized spacial score (nSPS) is 15.7. The van der Waals surface area contributed by atoms with Crippen molar-refractivity contribution in [2.24, 2.45) is 0 Å². The number of ether oxygens (including phenoxy) is 1. The summed E-state index contributed by atoms with van der Waals surface area (Å²) in [5, 5.41) is 17.9. The zero-order valence-electron chi connectivity index (χ0n) is 16.4. The lowest BCUT2D eigenvalue weighted by Gasteiger charge is -2.48. The first-order valence-corrected chi connectivity index (χ1v) is 9.08. The second-order valence-electron chi connectivity index (χ2n) is 8.08. The predicted molar refractivity (Wildman–Crippen MR) is 102 cm³/mol. The molecule has 1 aliphatic rings. The summed E-state index contributed by atoms with van der Waals surface area (Å²) in [7, 11) is 0. The summed E-state index contributed by atoms with van der Waals surface area (Å²) in [5.41, 5.74) is 5.78. The molecule has 29 heavy (non-hydrogen) atoms. The molecule has 0 unspecified atom stereocenters. The molecule has 11 heteroatoms. The van der Waals surface area contributed by atoms with E-state index in [1.807, 2.05) is 20.8 Å². The predicted octanol–water partition coefficient (Wildman–Crippen LogP) is 1.43. The standard InChI is InChI=1S/C18H21N9O2/c1-17(2,3)29-16(28)25-10-18(11-25,5-6-19)26-9-12(8-22-26)14-21-7-4-13-23-15(20)24-27(13)14/h4,7-9H,5,10-11H2,1-3H3,(H2,20,24). The van der Waals surface area contributed by atoms with Crippen LogP contribution in [0.5, 0.6) is 0 Å². The van der Waals surface area contributed by atoms with Crippen LogP contribution in [-0.2, 0) is 10.3 Å². The van der Waals surface area contributed by atoms with Crippen molar-refractivity contribution in [3.05, 3.63) is 24.7 Å². The Morgan fingerprint density at radius 1 is 1.41 bits per heavy atom. The second kappa shape index (κ2) is 6.44. The molecular weight excluding hydrogens is 374 g/mol. The van der Waals surface area contributed by atoms with Gasteiger partial charge >= 0.3 is 6.09 Å². The number of hydrogen-bond donors (Lipinski definition) is 1. The molecule has 4 rings (SSSR count). The number of carbonyl (C=O) groups is 1. The summed E-state index contributed by atoms with van der Waals surface area (Å²) in [6.45, 7) is 6.13. The maximum absolute atomic E-state index is 12.3. The molecule has 0 aliphatic carbocycles. The maximum atomic E-state index is 12.3. The summed E-state index contributed by atoms with van der Waals surface area (Å²) in [4.78, 5) is 22.4. The van der Waals surface area contributed by atoms with E-state index in [1.54, 1.807) is 38.8 Å². The first kappa shape index (κ1) is 18.7. The van der Waals surface area contributed by atoms with Gasteiger partial charge in [0.05, 0.1) is 37.3 Å². The number of nitrogens with two attached hydrogens (primary N) is 1. The van der Waals surface area contributed by atoms with Gasteiger partial charge in [-0.05, 0) is 20.8 Å². The summed E-state index contributed by atoms with van der Waals surface area (Å²) < 4.78 is 8.67. The van der Waals surface area contributed by atoms with Gasteiger partial charge in [-0.15, -0.1) is 5.10 Å². The fraction of sp³-hybridized carbons (Fsp3) is 0.444. The highest BCUT2D eigenvalue weighted by molar-refractivity contribution is 5.69. The Kier molecular flexibility index (Phi) is 4.15. The van der Waals surface area contributed by atoms with Crippen LogP contribution in [0, 0.1) is 11.3 Å². The van der Waals surface area contributed by atoms with Crippen molar-refractivity contribution < 1.29 is 9.53 Å². The van der Waals surface area contributed by atoms with Gasteiger partial charge in [0.25, 0.3) is 0 Å². The minimum absolute atomic E-state index is 0.152. The van der Waals surface area contributed by atoms with Crippen LogP contribution in [0.2, 0.25) is 0 Å². The van der Waals surface area contributed by atoms with Crippen LogP contribution in [0.4, 0.5) is 10.7 Å². The minimum atomic E-state index is -0.612. The van der Waals surface area contributed by atoms with E-state index in [0.29, 0.717) is 30.1 Å². The fourth-order valence-corrected chi connectivity index (χ4v) is 3.33. The number of nitriles is 1. The molecule has 1 saturated heterocycles. The number of likely N-dealkylation sites (tertiary alicyclic amines) is 1. The highest BCUT2D eigenvalue weighted by Crippen LogP contribution is 2.34. The molecule has 0 atom stereocenters. The first-order chi connectivity index (χ1) is 13.7. The number of rotatable bonds is 3. The Labute approximate surface area is 166 Å². The molecule has 2 N–H and O–H groups in total. The average molecular weight is 395 g/mol. The van der Waals surface area contributed by atoms with Gasteiger partial charge in [0.15, 0.2) is 11.5 Å². The lowest BCUT2D eigenvalue weighted by molar-refractivity contribution is -0.0314. The van der Waals surface area contributed by atoms with Gasteiger partial charge in [0.1, 0.15) is 11.1 Å². The van der Waals surface area contributed by atoms with E-state index in [-0.39, 0.29) is 12.4 Å². The van der Waals surface area contributed by atoms with E-state index in [4.69, 9.17) is 10.5 Å². The number of carbonyl (C=O) groups excluding carboxylic acids is 1. The monoisotopic (exact) mass is 395 g/mol. The largest absolute Gasteiger partial charge is 0.444 e. The van der Waals surface area contributed by atoms with Crippen molar-refractivity contribution >= 4 is 17.7 Å². The van der Waals surface area contributed by atoms with Gasteiger partial charge in [-0.25, -0.2) is 9.78 Å². The van der Waals surface area contributed by atoms with E-state index in [1.165, 1.54) is 0 Å². The molecule has 11 nitrogen and oxygen atoms in total. The average Bonchev–Trinajstić information content (AvgIpc) is 3.21. The van der Waals surface area contributed by atoms with Gasteiger partial charge in [-0.2, -0.15) is 19.9 Å². The van der Waals surface area contributed by atoms with E-state index in [2.05, 4.69) is 26.2 Å².